The molecule has 24 heavy (non-hydrogen) atoms. The molecule has 0 aliphatic carbocycles. The number of ether oxygens (including phenoxy) is 1. The smallest absolute Gasteiger partial charge is 0.477 e. The Morgan fingerprint density at radius 1 is 1.29 bits per heavy atom. The van der Waals surface area contributed by atoms with Crippen molar-refractivity contribution in [3.8, 4) is 16.9 Å². The van der Waals surface area contributed by atoms with E-state index in [0.29, 0.717) is 6.07 Å². The summed E-state index contributed by atoms with van der Waals surface area (Å²) >= 11 is 6.63. The minimum absolute atomic E-state index is 0.220. The van der Waals surface area contributed by atoms with E-state index in [4.69, 9.17) is 21.8 Å². The molecule has 6 nitrogen and oxygen atoms in total. The lowest BCUT2D eigenvalue weighted by Gasteiger charge is -2.16. The maximum absolute atomic E-state index is 12.6. The van der Waals surface area contributed by atoms with Gasteiger partial charge in [-0.2, -0.15) is 0 Å². The summed E-state index contributed by atoms with van der Waals surface area (Å²) in [4.78, 5) is 10.2. The van der Waals surface area contributed by atoms with Crippen LogP contribution in [0.25, 0.3) is 11.1 Å². The number of aromatic carboxylic acids is 1. The summed E-state index contributed by atoms with van der Waals surface area (Å²) in [5, 5.41) is 14.7. The Bertz CT molecular complexity index is 908. The fourth-order valence-electron chi connectivity index (χ4n) is 1.89. The number of primary sulfonamides is 1. The Hall–Kier alpha value is -1.82. The molecule has 0 atom stereocenters. The van der Waals surface area contributed by atoms with E-state index in [1.54, 1.807) is 0 Å². The van der Waals surface area contributed by atoms with E-state index >= 15 is 0 Å². The maximum Gasteiger partial charge on any atom is 0.573 e. The van der Waals surface area contributed by atoms with Crippen LogP contribution in [0.1, 0.15) is 9.67 Å². The number of benzene rings is 1. The van der Waals surface area contributed by atoms with Gasteiger partial charge in [-0.3, -0.25) is 0 Å². The van der Waals surface area contributed by atoms with Crippen LogP contribution < -0.4 is 9.88 Å². The zero-order valence-corrected chi connectivity index (χ0v) is 13.7. The average molecular weight is 402 g/mol. The zero-order chi connectivity index (χ0) is 18.3. The highest BCUT2D eigenvalue weighted by Gasteiger charge is 2.34. The molecule has 0 spiro atoms. The number of hydrogen-bond acceptors (Lipinski definition) is 5. The van der Waals surface area contributed by atoms with E-state index in [1.807, 2.05) is 0 Å². The van der Waals surface area contributed by atoms with Crippen LogP contribution in [0.4, 0.5) is 13.2 Å². The fraction of sp³-hybridized carbons (Fsp3) is 0.0833. The first-order valence-corrected chi connectivity index (χ1v) is 8.64. The predicted octanol–water partition coefficient (Wildman–Crippen LogP) is 3.31. The number of carbonyl (C=O) groups is 1. The lowest BCUT2D eigenvalue weighted by Crippen LogP contribution is -2.19. The van der Waals surface area contributed by atoms with Gasteiger partial charge in [-0.25, -0.2) is 18.4 Å². The summed E-state index contributed by atoms with van der Waals surface area (Å²) in [5.41, 5.74) is -0.749. The Labute approximate surface area is 142 Å². The number of nitrogens with two attached hydrogens (primary N) is 1. The molecule has 0 radical (unpaired) electrons. The van der Waals surface area contributed by atoms with Gasteiger partial charge in [0.15, 0.2) is 0 Å². The third-order valence-corrected chi connectivity index (χ3v) is 5.09. The molecule has 1 aromatic heterocycles. The molecule has 12 heteroatoms. The second kappa shape index (κ2) is 6.24. The molecule has 3 N–H and O–H groups in total. The lowest BCUT2D eigenvalue weighted by atomic mass is 10.1. The Morgan fingerprint density at radius 2 is 1.92 bits per heavy atom. The van der Waals surface area contributed by atoms with E-state index < -0.39 is 43.6 Å². The quantitative estimate of drug-likeness (QED) is 0.817. The number of halogens is 4. The molecule has 0 unspecified atom stereocenters. The summed E-state index contributed by atoms with van der Waals surface area (Å²) < 4.78 is 64.5. The fourth-order valence-corrected chi connectivity index (χ4v) is 3.82. The van der Waals surface area contributed by atoms with Crippen LogP contribution in [0, 0.1) is 0 Å². The van der Waals surface area contributed by atoms with Crippen molar-refractivity contribution < 1.29 is 36.2 Å². The van der Waals surface area contributed by atoms with Gasteiger partial charge in [-0.15, -0.1) is 24.5 Å². The third-order valence-electron chi connectivity index (χ3n) is 2.73. The van der Waals surface area contributed by atoms with Gasteiger partial charge in [0.2, 0.25) is 10.0 Å². The number of carboxylic acid groups (broad SMARTS) is 1. The number of carboxylic acids is 1. The largest absolute Gasteiger partial charge is 0.573 e. The third kappa shape index (κ3) is 3.80. The van der Waals surface area contributed by atoms with Crippen LogP contribution in [-0.2, 0) is 10.0 Å². The highest BCUT2D eigenvalue weighted by atomic mass is 35.5. The van der Waals surface area contributed by atoms with Crippen LogP contribution in [0.2, 0.25) is 5.02 Å². The summed E-state index contributed by atoms with van der Waals surface area (Å²) in [6, 6.07) is 2.64. The van der Waals surface area contributed by atoms with Gasteiger partial charge in [0.25, 0.3) is 0 Å². The van der Waals surface area contributed by atoms with Gasteiger partial charge in [0.1, 0.15) is 15.5 Å². The minimum atomic E-state index is -5.10. The van der Waals surface area contributed by atoms with E-state index in [0.717, 1.165) is 17.4 Å². The first kappa shape index (κ1) is 18.5. The Morgan fingerprint density at radius 3 is 2.42 bits per heavy atom. The number of hydrogen-bond donors (Lipinski definition) is 2. The summed E-state index contributed by atoms with van der Waals surface area (Å²) in [6.45, 7) is 0. The minimum Gasteiger partial charge on any atom is -0.477 e. The van der Waals surface area contributed by atoms with Gasteiger partial charge >= 0.3 is 12.3 Å². The normalized spacial score (nSPS) is 12.2. The molecular weight excluding hydrogens is 395 g/mol. The Balaban J connectivity index is 2.83. The van der Waals surface area contributed by atoms with Crippen molar-refractivity contribution in [2.45, 2.75) is 11.3 Å². The maximum atomic E-state index is 12.6. The molecule has 0 aliphatic rings. The average Bonchev–Trinajstić information content (AvgIpc) is 2.84. The number of sulfonamides is 1. The molecule has 0 amide bonds. The number of rotatable bonds is 4. The standard InChI is InChI=1S/C12H7ClF3NO5S2/c13-9-7(24(17,20)21)2-1-6(22-12(14,15)16)8(9)5-3-4-23-10(5)11(18)19/h1-4H,(H,18,19)(H2,17,20,21). The van der Waals surface area contributed by atoms with E-state index in [9.17, 15) is 26.4 Å². The SMILES string of the molecule is NS(=O)(=O)c1ccc(OC(F)(F)F)c(-c2ccsc2C(=O)O)c1Cl. The van der Waals surface area contributed by atoms with Gasteiger partial charge in [-0.1, -0.05) is 11.6 Å². The van der Waals surface area contributed by atoms with Crippen molar-refractivity contribution >= 4 is 38.9 Å². The van der Waals surface area contributed by atoms with Gasteiger partial charge < -0.3 is 9.84 Å². The second-order valence-corrected chi connectivity index (χ2v) is 7.14. The summed E-state index contributed by atoms with van der Waals surface area (Å²) in [6.07, 6.45) is -5.10. The molecule has 0 saturated heterocycles. The number of alkyl halides is 3. The van der Waals surface area contributed by atoms with E-state index in [-0.39, 0.29) is 10.4 Å². The van der Waals surface area contributed by atoms with Crippen molar-refractivity contribution in [1.29, 1.82) is 0 Å². The molecule has 2 aromatic rings. The first-order valence-electron chi connectivity index (χ1n) is 5.84. The van der Waals surface area contributed by atoms with Crippen molar-refractivity contribution in [2.24, 2.45) is 5.14 Å². The predicted molar refractivity (Wildman–Crippen MR) is 79.8 cm³/mol. The zero-order valence-electron chi connectivity index (χ0n) is 11.3. The van der Waals surface area contributed by atoms with Crippen LogP contribution in [-0.4, -0.2) is 25.9 Å². The summed E-state index contributed by atoms with van der Waals surface area (Å²) in [5.74, 6) is -2.27. The molecule has 2 rings (SSSR count). The van der Waals surface area contributed by atoms with Gasteiger partial charge in [0, 0.05) is 11.1 Å². The van der Waals surface area contributed by atoms with Crippen LogP contribution in [0.5, 0.6) is 5.75 Å². The molecule has 0 saturated carbocycles. The van der Waals surface area contributed by atoms with Crippen molar-refractivity contribution in [3.05, 3.63) is 33.5 Å². The monoisotopic (exact) mass is 401 g/mol. The van der Waals surface area contributed by atoms with E-state index in [1.165, 1.54) is 11.4 Å². The van der Waals surface area contributed by atoms with Gasteiger partial charge in [0.05, 0.1) is 5.02 Å². The van der Waals surface area contributed by atoms with Crippen molar-refractivity contribution in [3.63, 3.8) is 0 Å². The molecule has 0 bridgehead atoms. The molecule has 130 valence electrons. The van der Waals surface area contributed by atoms with Crippen LogP contribution >= 0.6 is 22.9 Å². The molecule has 1 aromatic carbocycles. The van der Waals surface area contributed by atoms with E-state index in [2.05, 4.69) is 4.74 Å². The van der Waals surface area contributed by atoms with Crippen molar-refractivity contribution in [2.75, 3.05) is 0 Å². The molecule has 1 heterocycles. The van der Waals surface area contributed by atoms with Crippen LogP contribution in [0.3, 0.4) is 0 Å². The summed E-state index contributed by atoms with van der Waals surface area (Å²) in [7, 11) is -4.35. The lowest BCUT2D eigenvalue weighted by molar-refractivity contribution is -0.274. The number of thiophene rings is 1. The van der Waals surface area contributed by atoms with Crippen LogP contribution in [0.15, 0.2) is 28.5 Å². The highest BCUT2D eigenvalue weighted by Crippen LogP contribution is 2.44. The second-order valence-electron chi connectivity index (χ2n) is 4.31. The first-order chi connectivity index (χ1) is 10.9. The highest BCUT2D eigenvalue weighted by molar-refractivity contribution is 7.89. The molecule has 0 fully saturated rings. The van der Waals surface area contributed by atoms with Crippen molar-refractivity contribution in [1.82, 2.24) is 0 Å². The Kier molecular flexibility index (Phi) is 4.81. The molecule has 0 aliphatic heterocycles. The topological polar surface area (TPSA) is 107 Å². The van der Waals surface area contributed by atoms with Gasteiger partial charge in [-0.05, 0) is 23.6 Å². The molecular formula is C12H7ClF3NO5S2.